The van der Waals surface area contributed by atoms with Gasteiger partial charge < -0.3 is 15.7 Å². The Morgan fingerprint density at radius 3 is 2.67 bits per heavy atom. The first-order chi connectivity index (χ1) is 14.6. The van der Waals surface area contributed by atoms with Crippen molar-refractivity contribution in [2.75, 3.05) is 30.6 Å². The lowest BCUT2D eigenvalue weighted by Crippen LogP contribution is -2.26. The molecule has 160 valence electrons. The summed E-state index contributed by atoms with van der Waals surface area (Å²) in [5.74, 6) is 1.07. The van der Waals surface area contributed by atoms with Crippen LogP contribution in [0, 0.1) is 12.8 Å². The molecule has 3 N–H and O–H groups in total. The van der Waals surface area contributed by atoms with E-state index in [2.05, 4.69) is 20.6 Å². The molecule has 3 aromatic rings. The first kappa shape index (κ1) is 20.9. The smallest absolute Gasteiger partial charge is 0.225 e. The van der Waals surface area contributed by atoms with Gasteiger partial charge in [0.05, 0.1) is 27.5 Å². The first-order valence-corrected chi connectivity index (χ1v) is 10.9. The predicted molar refractivity (Wildman–Crippen MR) is 117 cm³/mol. The molecule has 1 fully saturated rings. The van der Waals surface area contributed by atoms with Crippen LogP contribution in [0.3, 0.4) is 0 Å². The summed E-state index contributed by atoms with van der Waals surface area (Å²) in [6.45, 7) is 0.335. The van der Waals surface area contributed by atoms with Gasteiger partial charge in [0.15, 0.2) is 0 Å². The Labute approximate surface area is 177 Å². The molecule has 30 heavy (non-hydrogen) atoms. The van der Waals surface area contributed by atoms with Crippen molar-refractivity contribution >= 4 is 33.3 Å². The number of hydrogen-bond donors (Lipinski definition) is 3. The Bertz CT molecular complexity index is 977. The number of halogens is 2. The fourth-order valence-corrected chi connectivity index (χ4v) is 4.91. The second-order valence-electron chi connectivity index (χ2n) is 7.70. The number of nitrogens with zero attached hydrogens (tertiary/aromatic N) is 3. The van der Waals surface area contributed by atoms with E-state index in [9.17, 15) is 13.9 Å². The van der Waals surface area contributed by atoms with Gasteiger partial charge in [0, 0.05) is 12.6 Å². The summed E-state index contributed by atoms with van der Waals surface area (Å²) in [6.07, 6.45) is 2.72. The number of para-hydroxylation sites is 1. The highest BCUT2D eigenvalue weighted by atomic mass is 32.1. The second kappa shape index (κ2) is 9.18. The third-order valence-corrected chi connectivity index (χ3v) is 6.50. The summed E-state index contributed by atoms with van der Waals surface area (Å²) in [5, 5.41) is 16.5. The quantitative estimate of drug-likeness (QED) is 0.490. The van der Waals surface area contributed by atoms with Gasteiger partial charge >= 0.3 is 0 Å². The highest BCUT2D eigenvalue weighted by Crippen LogP contribution is 2.37. The van der Waals surface area contributed by atoms with Crippen molar-refractivity contribution < 1.29 is 13.9 Å². The normalized spacial score (nSPS) is 19.0. The Morgan fingerprint density at radius 1 is 1.17 bits per heavy atom. The van der Waals surface area contributed by atoms with E-state index in [1.807, 2.05) is 31.2 Å². The zero-order valence-corrected chi connectivity index (χ0v) is 17.6. The molecular weight excluding hydrogens is 408 g/mol. The third kappa shape index (κ3) is 4.37. The van der Waals surface area contributed by atoms with Crippen LogP contribution in [0.4, 0.5) is 20.5 Å². The number of rotatable bonds is 8. The summed E-state index contributed by atoms with van der Waals surface area (Å²) in [5.41, 5.74) is 2.38. The van der Waals surface area contributed by atoms with Gasteiger partial charge in [-0.1, -0.05) is 12.1 Å². The average molecular weight is 434 g/mol. The van der Waals surface area contributed by atoms with Crippen LogP contribution in [0.15, 0.2) is 24.3 Å². The molecule has 4 rings (SSSR count). The van der Waals surface area contributed by atoms with Gasteiger partial charge in [0.2, 0.25) is 5.95 Å². The summed E-state index contributed by atoms with van der Waals surface area (Å²) in [4.78, 5) is 13.8. The first-order valence-electron chi connectivity index (χ1n) is 10.1. The number of benzene rings is 1. The number of anilines is 2. The van der Waals surface area contributed by atoms with E-state index in [1.165, 1.54) is 0 Å². The zero-order chi connectivity index (χ0) is 21.1. The average Bonchev–Trinajstić information content (AvgIpc) is 3.38. The zero-order valence-electron chi connectivity index (χ0n) is 16.7. The Morgan fingerprint density at radius 2 is 1.97 bits per heavy atom. The lowest BCUT2D eigenvalue weighted by Gasteiger charge is -2.19. The third-order valence-electron chi connectivity index (χ3n) is 5.44. The largest absolute Gasteiger partial charge is 0.396 e. The number of alkyl halides is 2. The highest BCUT2D eigenvalue weighted by molar-refractivity contribution is 7.21. The molecule has 0 spiro atoms. The number of aryl methyl sites for hydroxylation is 1. The van der Waals surface area contributed by atoms with Gasteiger partial charge in [-0.15, -0.1) is 11.3 Å². The van der Waals surface area contributed by atoms with Crippen molar-refractivity contribution in [3.63, 3.8) is 0 Å². The van der Waals surface area contributed by atoms with E-state index in [-0.39, 0.29) is 24.5 Å². The topological polar surface area (TPSA) is 83.0 Å². The van der Waals surface area contributed by atoms with Crippen LogP contribution in [0.25, 0.3) is 20.8 Å². The molecule has 0 radical (unpaired) electrons. The maximum Gasteiger partial charge on any atom is 0.225 e. The van der Waals surface area contributed by atoms with E-state index >= 15 is 0 Å². The Balaban J connectivity index is 1.73. The minimum atomic E-state index is -0.976. The van der Waals surface area contributed by atoms with Gasteiger partial charge in [-0.3, -0.25) is 0 Å². The van der Waals surface area contributed by atoms with E-state index in [1.54, 1.807) is 11.3 Å². The summed E-state index contributed by atoms with van der Waals surface area (Å²) >= 11 is 1.56. The molecule has 0 aliphatic heterocycles. The van der Waals surface area contributed by atoms with E-state index in [4.69, 9.17) is 4.98 Å². The summed E-state index contributed by atoms with van der Waals surface area (Å²) in [6, 6.07) is 7.09. The molecule has 0 saturated heterocycles. The van der Waals surface area contributed by atoms with Crippen LogP contribution in [0.2, 0.25) is 0 Å². The van der Waals surface area contributed by atoms with Crippen LogP contribution in [0.5, 0.6) is 0 Å². The molecule has 1 aliphatic rings. The van der Waals surface area contributed by atoms with E-state index in [0.717, 1.165) is 40.1 Å². The van der Waals surface area contributed by atoms with Gasteiger partial charge in [-0.05, 0) is 44.2 Å². The SMILES string of the molecule is Cc1nc(NC(CF)CF)nc(NC2CCC(CO)C2)c1-c1nc2ccccc2s1. The molecule has 1 aromatic carbocycles. The van der Waals surface area contributed by atoms with Crippen molar-refractivity contribution in [2.45, 2.75) is 38.3 Å². The number of thiazole rings is 1. The summed E-state index contributed by atoms with van der Waals surface area (Å²) < 4.78 is 27.1. The van der Waals surface area contributed by atoms with Crippen molar-refractivity contribution in [1.82, 2.24) is 15.0 Å². The van der Waals surface area contributed by atoms with Crippen molar-refractivity contribution in [1.29, 1.82) is 0 Å². The van der Waals surface area contributed by atoms with Gasteiger partial charge in [0.1, 0.15) is 24.2 Å². The highest BCUT2D eigenvalue weighted by Gasteiger charge is 2.27. The van der Waals surface area contributed by atoms with Crippen LogP contribution >= 0.6 is 11.3 Å². The standard InChI is InChI=1S/C21H25F2N5OS/c1-12-18(20-27-16-4-2-3-5-17(16)30-20)19(25-14-7-6-13(8-14)11-29)28-21(24-12)26-15(9-22)10-23/h2-5,13-15,29H,6-11H2,1H3,(H2,24,25,26,28). The molecule has 2 atom stereocenters. The molecule has 1 aliphatic carbocycles. The lowest BCUT2D eigenvalue weighted by molar-refractivity contribution is 0.229. The fraction of sp³-hybridized carbons (Fsp3) is 0.476. The van der Waals surface area contributed by atoms with E-state index in [0.29, 0.717) is 11.5 Å². The molecular formula is C21H25F2N5OS. The Kier molecular flexibility index (Phi) is 6.38. The predicted octanol–water partition coefficient (Wildman–Crippen LogP) is 4.35. The van der Waals surface area contributed by atoms with Crippen LogP contribution in [-0.2, 0) is 0 Å². The van der Waals surface area contributed by atoms with Crippen molar-refractivity contribution in [2.24, 2.45) is 5.92 Å². The Hall–Kier alpha value is -2.39. The number of nitrogens with one attached hydrogen (secondary N) is 2. The monoisotopic (exact) mass is 433 g/mol. The molecule has 6 nitrogen and oxygen atoms in total. The van der Waals surface area contributed by atoms with Gasteiger partial charge in [-0.25, -0.2) is 18.7 Å². The summed E-state index contributed by atoms with van der Waals surface area (Å²) in [7, 11) is 0. The fourth-order valence-electron chi connectivity index (χ4n) is 3.84. The van der Waals surface area contributed by atoms with Crippen LogP contribution in [0.1, 0.15) is 25.0 Å². The molecule has 2 aromatic heterocycles. The molecule has 0 bridgehead atoms. The number of fused-ring (bicyclic) bond motifs is 1. The molecule has 2 heterocycles. The number of aliphatic hydroxyl groups is 1. The van der Waals surface area contributed by atoms with Crippen molar-refractivity contribution in [3.8, 4) is 10.6 Å². The molecule has 1 saturated carbocycles. The second-order valence-corrected chi connectivity index (χ2v) is 8.73. The minimum absolute atomic E-state index is 0.163. The van der Waals surface area contributed by atoms with E-state index < -0.39 is 19.4 Å². The van der Waals surface area contributed by atoms with Gasteiger partial charge in [-0.2, -0.15) is 4.98 Å². The maximum atomic E-state index is 13.0. The van der Waals surface area contributed by atoms with Crippen LogP contribution in [-0.4, -0.2) is 52.1 Å². The number of aromatic nitrogens is 3. The minimum Gasteiger partial charge on any atom is -0.396 e. The van der Waals surface area contributed by atoms with Gasteiger partial charge in [0.25, 0.3) is 0 Å². The molecule has 9 heteroatoms. The van der Waals surface area contributed by atoms with Crippen molar-refractivity contribution in [3.05, 3.63) is 30.0 Å². The molecule has 2 unspecified atom stereocenters. The van der Waals surface area contributed by atoms with Crippen LogP contribution < -0.4 is 10.6 Å². The lowest BCUT2D eigenvalue weighted by atomic mass is 10.1. The number of hydrogen-bond acceptors (Lipinski definition) is 7. The maximum absolute atomic E-state index is 13.0. The molecule has 0 amide bonds. The number of aliphatic hydroxyl groups excluding tert-OH is 1.